The fourth-order valence-corrected chi connectivity index (χ4v) is 2.75. The first kappa shape index (κ1) is 15.8. The summed E-state index contributed by atoms with van der Waals surface area (Å²) in [5, 5.41) is 0. The lowest BCUT2D eigenvalue weighted by atomic mass is 10.3. The maximum Gasteiger partial charge on any atom is 0.360 e. The Hall–Kier alpha value is -1.56. The van der Waals surface area contributed by atoms with Crippen molar-refractivity contribution in [2.45, 2.75) is 58.6 Å². The topological polar surface area (TPSA) is 79.4 Å². The van der Waals surface area contributed by atoms with Crippen LogP contribution in [0, 0.1) is 0 Å². The van der Waals surface area contributed by atoms with Crippen LogP contribution in [0.15, 0.2) is 0 Å². The van der Waals surface area contributed by atoms with Gasteiger partial charge in [-0.15, -0.1) is 0 Å². The van der Waals surface area contributed by atoms with Crippen LogP contribution in [0.25, 0.3) is 0 Å². The second-order valence-electron chi connectivity index (χ2n) is 5.26. The summed E-state index contributed by atoms with van der Waals surface area (Å²) in [6.45, 7) is 5.29. The zero-order chi connectivity index (χ0) is 15.2. The molecule has 0 aliphatic heterocycles. The molecule has 1 saturated carbocycles. The number of anilines is 1. The van der Waals surface area contributed by atoms with Crippen LogP contribution in [0.5, 0.6) is 0 Å². The highest BCUT2D eigenvalue weighted by Gasteiger charge is 2.21. The Morgan fingerprint density at radius 2 is 2.10 bits per heavy atom. The Morgan fingerprint density at radius 1 is 1.38 bits per heavy atom. The Balaban J connectivity index is 2.01. The fourth-order valence-electron chi connectivity index (χ4n) is 2.75. The van der Waals surface area contributed by atoms with Crippen LogP contribution < -0.4 is 5.73 Å². The van der Waals surface area contributed by atoms with Gasteiger partial charge in [0.05, 0.1) is 19.3 Å². The lowest BCUT2D eigenvalue weighted by Gasteiger charge is -2.13. The van der Waals surface area contributed by atoms with Gasteiger partial charge in [-0.1, -0.05) is 19.8 Å². The van der Waals surface area contributed by atoms with Crippen LogP contribution >= 0.6 is 0 Å². The Morgan fingerprint density at radius 3 is 2.71 bits per heavy atom. The maximum absolute atomic E-state index is 11.8. The Kier molecular flexibility index (Phi) is 5.61. The second-order valence-corrected chi connectivity index (χ2v) is 5.26. The molecule has 0 spiro atoms. The lowest BCUT2D eigenvalue weighted by Crippen LogP contribution is -2.16. The molecular weight excluding hydrogens is 270 g/mol. The monoisotopic (exact) mass is 295 g/mol. The molecule has 0 unspecified atom stereocenters. The number of carbonyl (C=O) groups is 1. The van der Waals surface area contributed by atoms with E-state index in [4.69, 9.17) is 15.2 Å². The van der Waals surface area contributed by atoms with Crippen molar-refractivity contribution < 1.29 is 14.3 Å². The number of rotatable bonds is 7. The lowest BCUT2D eigenvalue weighted by molar-refractivity contribution is 0.0514. The average molecular weight is 295 g/mol. The van der Waals surface area contributed by atoms with Crippen molar-refractivity contribution in [1.82, 2.24) is 9.55 Å². The summed E-state index contributed by atoms with van der Waals surface area (Å²) in [7, 11) is 0. The molecule has 0 amide bonds. The third kappa shape index (κ3) is 3.75. The van der Waals surface area contributed by atoms with E-state index in [1.54, 1.807) is 6.92 Å². The number of esters is 1. The van der Waals surface area contributed by atoms with Gasteiger partial charge in [-0.05, 0) is 19.8 Å². The van der Waals surface area contributed by atoms with E-state index < -0.39 is 5.97 Å². The molecule has 0 radical (unpaired) electrons. The molecular formula is C15H25N3O3. The summed E-state index contributed by atoms with van der Waals surface area (Å²) in [6.07, 6.45) is 5.90. The van der Waals surface area contributed by atoms with Gasteiger partial charge in [0.15, 0.2) is 5.69 Å². The SMILES string of the molecule is CCOC(=O)c1nc(CC)n(CCOC2CCCC2)c1N. The molecule has 6 heteroatoms. The number of aryl methyl sites for hydroxylation is 1. The van der Waals surface area contributed by atoms with E-state index in [1.807, 2.05) is 11.5 Å². The third-order valence-electron chi connectivity index (χ3n) is 3.84. The van der Waals surface area contributed by atoms with Gasteiger partial charge in [0.1, 0.15) is 11.6 Å². The van der Waals surface area contributed by atoms with Gasteiger partial charge >= 0.3 is 5.97 Å². The van der Waals surface area contributed by atoms with Crippen molar-refractivity contribution in [3.8, 4) is 0 Å². The normalized spacial score (nSPS) is 15.5. The first-order valence-electron chi connectivity index (χ1n) is 7.80. The summed E-state index contributed by atoms with van der Waals surface area (Å²) in [6, 6.07) is 0. The van der Waals surface area contributed by atoms with Crippen molar-refractivity contribution >= 4 is 11.8 Å². The van der Waals surface area contributed by atoms with E-state index >= 15 is 0 Å². The molecule has 1 aliphatic rings. The Labute approximate surface area is 125 Å². The van der Waals surface area contributed by atoms with Crippen molar-refractivity contribution in [3.05, 3.63) is 11.5 Å². The van der Waals surface area contributed by atoms with E-state index in [9.17, 15) is 4.79 Å². The Bertz CT molecular complexity index is 479. The molecule has 2 N–H and O–H groups in total. The summed E-state index contributed by atoms with van der Waals surface area (Å²) < 4.78 is 12.7. The number of imidazole rings is 1. The van der Waals surface area contributed by atoms with E-state index in [1.165, 1.54) is 12.8 Å². The highest BCUT2D eigenvalue weighted by molar-refractivity contribution is 5.92. The standard InChI is InChI=1S/C15H25N3O3/c1-3-12-17-13(15(19)20-4-2)14(16)18(12)9-10-21-11-7-5-6-8-11/h11H,3-10,16H2,1-2H3. The molecule has 0 bridgehead atoms. The van der Waals surface area contributed by atoms with Crippen molar-refractivity contribution in [2.24, 2.45) is 0 Å². The minimum atomic E-state index is -0.458. The number of carbonyl (C=O) groups excluding carboxylic acids is 1. The van der Waals surface area contributed by atoms with E-state index in [-0.39, 0.29) is 5.69 Å². The number of hydrogen-bond donors (Lipinski definition) is 1. The van der Waals surface area contributed by atoms with Gasteiger partial charge in [-0.3, -0.25) is 0 Å². The fraction of sp³-hybridized carbons (Fsp3) is 0.733. The quantitative estimate of drug-likeness (QED) is 0.780. The first-order valence-corrected chi connectivity index (χ1v) is 7.80. The highest BCUT2D eigenvalue weighted by Crippen LogP contribution is 2.21. The minimum Gasteiger partial charge on any atom is -0.461 e. The predicted molar refractivity (Wildman–Crippen MR) is 80.2 cm³/mol. The number of hydrogen-bond acceptors (Lipinski definition) is 5. The third-order valence-corrected chi connectivity index (χ3v) is 3.84. The number of nitrogens with zero attached hydrogens (tertiary/aromatic N) is 2. The van der Waals surface area contributed by atoms with Gasteiger partial charge < -0.3 is 19.8 Å². The summed E-state index contributed by atoms with van der Waals surface area (Å²) >= 11 is 0. The van der Waals surface area contributed by atoms with Crippen molar-refractivity contribution in [3.63, 3.8) is 0 Å². The molecule has 0 atom stereocenters. The maximum atomic E-state index is 11.8. The van der Waals surface area contributed by atoms with E-state index in [2.05, 4.69) is 4.98 Å². The van der Waals surface area contributed by atoms with Crippen molar-refractivity contribution in [2.75, 3.05) is 18.9 Å². The van der Waals surface area contributed by atoms with Crippen LogP contribution in [0.4, 0.5) is 5.82 Å². The van der Waals surface area contributed by atoms with Gasteiger partial charge in [0.25, 0.3) is 0 Å². The van der Waals surface area contributed by atoms with Crippen LogP contribution in [0.1, 0.15) is 55.8 Å². The summed E-state index contributed by atoms with van der Waals surface area (Å²) in [5.74, 6) is 0.714. The van der Waals surface area contributed by atoms with Crippen LogP contribution in [-0.4, -0.2) is 34.8 Å². The minimum absolute atomic E-state index is 0.217. The second kappa shape index (κ2) is 7.45. The van der Waals surface area contributed by atoms with Crippen LogP contribution in [0.2, 0.25) is 0 Å². The van der Waals surface area contributed by atoms with Crippen LogP contribution in [0.3, 0.4) is 0 Å². The van der Waals surface area contributed by atoms with E-state index in [0.29, 0.717) is 38.1 Å². The largest absolute Gasteiger partial charge is 0.461 e. The molecule has 0 aromatic carbocycles. The first-order chi connectivity index (χ1) is 10.2. The number of nitrogens with two attached hydrogens (primary N) is 1. The molecule has 0 saturated heterocycles. The van der Waals surface area contributed by atoms with Gasteiger partial charge in [0.2, 0.25) is 0 Å². The summed E-state index contributed by atoms with van der Waals surface area (Å²) in [5.41, 5.74) is 6.27. The number of nitrogen functional groups attached to an aromatic ring is 1. The molecule has 118 valence electrons. The molecule has 6 nitrogen and oxygen atoms in total. The van der Waals surface area contributed by atoms with Gasteiger partial charge in [-0.25, -0.2) is 9.78 Å². The average Bonchev–Trinajstić information content (AvgIpc) is 3.08. The summed E-state index contributed by atoms with van der Waals surface area (Å²) in [4.78, 5) is 16.1. The molecule has 1 fully saturated rings. The molecule has 1 heterocycles. The van der Waals surface area contributed by atoms with Crippen LogP contribution in [-0.2, 0) is 22.4 Å². The molecule has 1 aromatic rings. The molecule has 1 aromatic heterocycles. The smallest absolute Gasteiger partial charge is 0.360 e. The number of aromatic nitrogens is 2. The van der Waals surface area contributed by atoms with Gasteiger partial charge in [-0.2, -0.15) is 0 Å². The van der Waals surface area contributed by atoms with E-state index in [0.717, 1.165) is 18.7 Å². The zero-order valence-electron chi connectivity index (χ0n) is 12.9. The number of ether oxygens (including phenoxy) is 2. The van der Waals surface area contributed by atoms with Crippen molar-refractivity contribution in [1.29, 1.82) is 0 Å². The predicted octanol–water partition coefficient (Wildman–Crippen LogP) is 2.16. The molecule has 1 aliphatic carbocycles. The highest BCUT2D eigenvalue weighted by atomic mass is 16.5. The zero-order valence-corrected chi connectivity index (χ0v) is 12.9. The van der Waals surface area contributed by atoms with Gasteiger partial charge in [0, 0.05) is 13.0 Å². The molecule has 21 heavy (non-hydrogen) atoms. The molecule has 2 rings (SSSR count).